The van der Waals surface area contributed by atoms with Gasteiger partial charge in [0.2, 0.25) is 0 Å². The first-order chi connectivity index (χ1) is 9.24. The molecule has 1 amide bonds. The molecule has 0 saturated heterocycles. The van der Waals surface area contributed by atoms with Gasteiger partial charge in [-0.25, -0.2) is 4.98 Å². The summed E-state index contributed by atoms with van der Waals surface area (Å²) in [6.07, 6.45) is 2.48. The van der Waals surface area contributed by atoms with Crippen LogP contribution in [-0.2, 0) is 13.0 Å². The molecule has 96 valence electrons. The lowest BCUT2D eigenvalue weighted by Gasteiger charge is -2.28. The van der Waals surface area contributed by atoms with E-state index in [-0.39, 0.29) is 5.91 Å². The zero-order valence-electron chi connectivity index (χ0n) is 10.5. The van der Waals surface area contributed by atoms with Crippen LogP contribution in [0, 0.1) is 0 Å². The molecule has 4 nitrogen and oxygen atoms in total. The molecule has 0 bridgehead atoms. The third-order valence-corrected chi connectivity index (χ3v) is 3.45. The normalized spacial score (nSPS) is 14.0. The van der Waals surface area contributed by atoms with Gasteiger partial charge in [-0.2, -0.15) is 0 Å². The molecule has 0 fully saturated rings. The molecule has 0 aliphatic carbocycles. The van der Waals surface area contributed by atoms with E-state index < -0.39 is 0 Å². The van der Waals surface area contributed by atoms with Gasteiger partial charge in [0, 0.05) is 24.8 Å². The van der Waals surface area contributed by atoms with Crippen molar-refractivity contribution in [3.05, 3.63) is 59.3 Å². The summed E-state index contributed by atoms with van der Waals surface area (Å²) in [5.74, 6) is 0.395. The summed E-state index contributed by atoms with van der Waals surface area (Å²) in [5, 5.41) is 0. The Balaban J connectivity index is 1.83. The van der Waals surface area contributed by atoms with E-state index in [0.29, 0.717) is 17.9 Å². The number of amides is 1. The van der Waals surface area contributed by atoms with Crippen molar-refractivity contribution in [3.63, 3.8) is 0 Å². The van der Waals surface area contributed by atoms with E-state index in [1.807, 2.05) is 17.0 Å². The molecule has 3 rings (SSSR count). The average molecular weight is 253 g/mol. The Hall–Kier alpha value is -2.36. The lowest BCUT2D eigenvalue weighted by molar-refractivity contribution is 0.0734. The number of nitrogens with two attached hydrogens (primary N) is 1. The van der Waals surface area contributed by atoms with Crippen LogP contribution in [0.3, 0.4) is 0 Å². The summed E-state index contributed by atoms with van der Waals surface area (Å²) < 4.78 is 0. The van der Waals surface area contributed by atoms with Crippen molar-refractivity contribution in [1.82, 2.24) is 9.88 Å². The molecule has 1 aromatic carbocycles. The number of pyridine rings is 1. The summed E-state index contributed by atoms with van der Waals surface area (Å²) >= 11 is 0. The highest BCUT2D eigenvalue weighted by atomic mass is 16.2. The van der Waals surface area contributed by atoms with Crippen molar-refractivity contribution in [2.45, 2.75) is 13.0 Å². The maximum absolute atomic E-state index is 12.4. The predicted octanol–water partition coefficient (Wildman–Crippen LogP) is 1.86. The SMILES string of the molecule is Nc1cc(C(=O)N2CCc3ccccc3C2)ccn1. The molecule has 19 heavy (non-hydrogen) atoms. The summed E-state index contributed by atoms with van der Waals surface area (Å²) in [5.41, 5.74) is 8.78. The quantitative estimate of drug-likeness (QED) is 0.844. The van der Waals surface area contributed by atoms with Crippen LogP contribution in [0.2, 0.25) is 0 Å². The molecule has 2 aromatic rings. The average Bonchev–Trinajstić information content (AvgIpc) is 2.46. The highest BCUT2D eigenvalue weighted by Crippen LogP contribution is 2.20. The van der Waals surface area contributed by atoms with Crippen molar-refractivity contribution in [2.24, 2.45) is 0 Å². The largest absolute Gasteiger partial charge is 0.384 e. The molecule has 1 aliphatic heterocycles. The second-order valence-electron chi connectivity index (χ2n) is 4.71. The number of hydrogen-bond acceptors (Lipinski definition) is 3. The maximum Gasteiger partial charge on any atom is 0.254 e. The summed E-state index contributed by atoms with van der Waals surface area (Å²) in [6.45, 7) is 1.41. The second-order valence-corrected chi connectivity index (χ2v) is 4.71. The van der Waals surface area contributed by atoms with Crippen molar-refractivity contribution >= 4 is 11.7 Å². The molecular weight excluding hydrogens is 238 g/mol. The van der Waals surface area contributed by atoms with Gasteiger partial charge in [0.25, 0.3) is 5.91 Å². The number of anilines is 1. The number of hydrogen-bond donors (Lipinski definition) is 1. The van der Waals surface area contributed by atoms with Crippen molar-refractivity contribution in [2.75, 3.05) is 12.3 Å². The third-order valence-electron chi connectivity index (χ3n) is 3.45. The minimum absolute atomic E-state index is 0.0172. The van der Waals surface area contributed by atoms with E-state index in [0.717, 1.165) is 13.0 Å². The van der Waals surface area contributed by atoms with Gasteiger partial charge in [-0.05, 0) is 29.7 Å². The first-order valence-electron chi connectivity index (χ1n) is 6.31. The van der Waals surface area contributed by atoms with Crippen LogP contribution >= 0.6 is 0 Å². The van der Waals surface area contributed by atoms with E-state index >= 15 is 0 Å². The molecule has 0 spiro atoms. The fourth-order valence-corrected chi connectivity index (χ4v) is 2.43. The predicted molar refractivity (Wildman–Crippen MR) is 73.5 cm³/mol. The maximum atomic E-state index is 12.4. The molecule has 1 aromatic heterocycles. The Bertz CT molecular complexity index is 624. The monoisotopic (exact) mass is 253 g/mol. The zero-order chi connectivity index (χ0) is 13.2. The lowest BCUT2D eigenvalue weighted by Crippen LogP contribution is -2.35. The van der Waals surface area contributed by atoms with E-state index in [4.69, 9.17) is 5.73 Å². The Morgan fingerprint density at radius 3 is 2.79 bits per heavy atom. The van der Waals surface area contributed by atoms with Crippen LogP contribution < -0.4 is 5.73 Å². The van der Waals surface area contributed by atoms with Gasteiger partial charge < -0.3 is 10.6 Å². The van der Waals surface area contributed by atoms with Gasteiger partial charge in [-0.3, -0.25) is 4.79 Å². The minimum Gasteiger partial charge on any atom is -0.384 e. The molecule has 0 unspecified atom stereocenters. The van der Waals surface area contributed by atoms with E-state index in [2.05, 4.69) is 17.1 Å². The van der Waals surface area contributed by atoms with Gasteiger partial charge in [0.1, 0.15) is 5.82 Å². The van der Waals surface area contributed by atoms with Crippen LogP contribution in [0.5, 0.6) is 0 Å². The Morgan fingerprint density at radius 2 is 2.00 bits per heavy atom. The lowest BCUT2D eigenvalue weighted by atomic mass is 9.99. The van der Waals surface area contributed by atoms with Crippen molar-refractivity contribution < 1.29 is 4.79 Å². The summed E-state index contributed by atoms with van der Waals surface area (Å²) in [6, 6.07) is 11.6. The van der Waals surface area contributed by atoms with Crippen molar-refractivity contribution in [1.29, 1.82) is 0 Å². The first kappa shape index (κ1) is 11.7. The summed E-state index contributed by atoms with van der Waals surface area (Å²) in [7, 11) is 0. The number of fused-ring (bicyclic) bond motifs is 1. The van der Waals surface area contributed by atoms with E-state index in [1.165, 1.54) is 11.1 Å². The van der Waals surface area contributed by atoms with Crippen LogP contribution in [0.15, 0.2) is 42.6 Å². The van der Waals surface area contributed by atoms with Gasteiger partial charge in [0.05, 0.1) is 0 Å². The fourth-order valence-electron chi connectivity index (χ4n) is 2.43. The smallest absolute Gasteiger partial charge is 0.254 e. The second kappa shape index (κ2) is 4.72. The molecule has 0 radical (unpaired) electrons. The van der Waals surface area contributed by atoms with Gasteiger partial charge in [0.15, 0.2) is 0 Å². The Morgan fingerprint density at radius 1 is 1.21 bits per heavy atom. The number of benzene rings is 1. The Labute approximate surface area is 111 Å². The number of aromatic nitrogens is 1. The summed E-state index contributed by atoms with van der Waals surface area (Å²) in [4.78, 5) is 18.2. The third kappa shape index (κ3) is 2.29. The van der Waals surface area contributed by atoms with Crippen LogP contribution in [-0.4, -0.2) is 22.3 Å². The molecule has 0 saturated carbocycles. The number of rotatable bonds is 1. The minimum atomic E-state index is 0.0172. The van der Waals surface area contributed by atoms with Gasteiger partial charge in [-0.1, -0.05) is 24.3 Å². The highest BCUT2D eigenvalue weighted by molar-refractivity contribution is 5.94. The molecule has 4 heteroatoms. The van der Waals surface area contributed by atoms with Gasteiger partial charge >= 0.3 is 0 Å². The Kier molecular flexibility index (Phi) is 2.91. The van der Waals surface area contributed by atoms with Crippen LogP contribution in [0.25, 0.3) is 0 Å². The molecule has 2 heterocycles. The van der Waals surface area contributed by atoms with Crippen LogP contribution in [0.1, 0.15) is 21.5 Å². The van der Waals surface area contributed by atoms with Gasteiger partial charge in [-0.15, -0.1) is 0 Å². The molecular formula is C15H15N3O. The van der Waals surface area contributed by atoms with Crippen molar-refractivity contribution in [3.8, 4) is 0 Å². The molecule has 1 aliphatic rings. The molecule has 0 atom stereocenters. The number of carbonyl (C=O) groups is 1. The highest BCUT2D eigenvalue weighted by Gasteiger charge is 2.21. The fraction of sp³-hybridized carbons (Fsp3) is 0.200. The topological polar surface area (TPSA) is 59.2 Å². The number of carbonyl (C=O) groups excluding carboxylic acids is 1. The number of nitrogens with zero attached hydrogens (tertiary/aromatic N) is 2. The number of nitrogen functional groups attached to an aromatic ring is 1. The van der Waals surface area contributed by atoms with Crippen LogP contribution in [0.4, 0.5) is 5.82 Å². The first-order valence-corrected chi connectivity index (χ1v) is 6.31. The zero-order valence-corrected chi connectivity index (χ0v) is 10.5. The standard InChI is InChI=1S/C15H15N3O/c16-14-9-12(5-7-17-14)15(19)18-8-6-11-3-1-2-4-13(11)10-18/h1-5,7,9H,6,8,10H2,(H2,16,17). The molecule has 2 N–H and O–H groups in total. The van der Waals surface area contributed by atoms with E-state index in [9.17, 15) is 4.79 Å². The van der Waals surface area contributed by atoms with E-state index in [1.54, 1.807) is 18.3 Å².